The van der Waals surface area contributed by atoms with Crippen LogP contribution >= 0.6 is 15.9 Å². The number of nitrogens with one attached hydrogen (secondary N) is 1. The second-order valence-corrected chi connectivity index (χ2v) is 11.7. The molecular formula is C19H28BrN3O2S. The van der Waals surface area contributed by atoms with Gasteiger partial charge in [0.15, 0.2) is 15.8 Å². The van der Waals surface area contributed by atoms with Crippen molar-refractivity contribution in [2.24, 2.45) is 4.99 Å². The van der Waals surface area contributed by atoms with Gasteiger partial charge in [0.1, 0.15) is 0 Å². The summed E-state index contributed by atoms with van der Waals surface area (Å²) in [5, 5.41) is 3.53. The lowest BCUT2D eigenvalue weighted by Gasteiger charge is -2.44. The predicted molar refractivity (Wildman–Crippen MR) is 110 cm³/mol. The number of hydrogen-bond donors (Lipinski definition) is 1. The molecule has 0 aromatic heterocycles. The van der Waals surface area contributed by atoms with E-state index in [1.807, 2.05) is 0 Å². The van der Waals surface area contributed by atoms with Crippen LogP contribution in [0, 0.1) is 0 Å². The Morgan fingerprint density at radius 2 is 1.92 bits per heavy atom. The Bertz CT molecular complexity index is 784. The van der Waals surface area contributed by atoms with E-state index in [4.69, 9.17) is 0 Å². The van der Waals surface area contributed by atoms with Gasteiger partial charge in [-0.05, 0) is 44.4 Å². The van der Waals surface area contributed by atoms with Gasteiger partial charge >= 0.3 is 0 Å². The molecule has 1 aliphatic heterocycles. The maximum absolute atomic E-state index is 12.3. The number of guanidine groups is 1. The molecular weight excluding hydrogens is 414 g/mol. The second kappa shape index (κ2) is 7.15. The number of rotatable bonds is 3. The number of nitrogens with zero attached hydrogens (tertiary/aromatic N) is 2. The van der Waals surface area contributed by atoms with Gasteiger partial charge in [-0.3, -0.25) is 4.99 Å². The highest BCUT2D eigenvalue weighted by Crippen LogP contribution is 2.43. The van der Waals surface area contributed by atoms with Crippen molar-refractivity contribution >= 4 is 31.7 Å². The first-order chi connectivity index (χ1) is 12.2. The van der Waals surface area contributed by atoms with Crippen molar-refractivity contribution in [3.8, 4) is 0 Å². The SMILES string of the molecule is CN=C(NCC1(c2ccc(Br)cc2)CCC1)N1CCS(=O)(=O)C(C)(C)C1. The molecule has 26 heavy (non-hydrogen) atoms. The van der Waals surface area contributed by atoms with Crippen LogP contribution in [0.25, 0.3) is 0 Å². The largest absolute Gasteiger partial charge is 0.355 e. The van der Waals surface area contributed by atoms with E-state index in [9.17, 15) is 8.42 Å². The van der Waals surface area contributed by atoms with Gasteiger partial charge in [0, 0.05) is 36.6 Å². The molecule has 0 amide bonds. The van der Waals surface area contributed by atoms with Crippen LogP contribution in [-0.4, -0.2) is 56.5 Å². The summed E-state index contributed by atoms with van der Waals surface area (Å²) in [6.07, 6.45) is 3.57. The smallest absolute Gasteiger partial charge is 0.193 e. The molecule has 1 aromatic rings. The normalized spacial score (nSPS) is 24.0. The molecule has 5 nitrogen and oxygen atoms in total. The van der Waals surface area contributed by atoms with Gasteiger partial charge in [0.05, 0.1) is 10.5 Å². The Labute approximate surface area is 165 Å². The molecule has 0 radical (unpaired) electrons. The summed E-state index contributed by atoms with van der Waals surface area (Å²) in [6, 6.07) is 8.60. The zero-order chi connectivity index (χ0) is 19.0. The third-order valence-electron chi connectivity index (χ3n) is 5.91. The van der Waals surface area contributed by atoms with Crippen LogP contribution < -0.4 is 5.32 Å². The summed E-state index contributed by atoms with van der Waals surface area (Å²) in [5.41, 5.74) is 1.50. The first kappa shape index (κ1) is 19.7. The summed E-state index contributed by atoms with van der Waals surface area (Å²) in [5.74, 6) is 0.981. The van der Waals surface area contributed by atoms with Gasteiger partial charge in [0.2, 0.25) is 0 Å². The molecule has 1 saturated heterocycles. The lowest BCUT2D eigenvalue weighted by Crippen LogP contribution is -2.58. The van der Waals surface area contributed by atoms with Crippen molar-refractivity contribution in [2.45, 2.75) is 43.3 Å². The van der Waals surface area contributed by atoms with E-state index in [2.05, 4.69) is 55.4 Å². The highest BCUT2D eigenvalue weighted by molar-refractivity contribution is 9.10. The third-order valence-corrected chi connectivity index (χ3v) is 8.97. The fraction of sp³-hybridized carbons (Fsp3) is 0.632. The number of aliphatic imine (C=N–C) groups is 1. The topological polar surface area (TPSA) is 61.8 Å². The van der Waals surface area contributed by atoms with Crippen LogP contribution in [0.1, 0.15) is 38.7 Å². The Morgan fingerprint density at radius 3 is 2.42 bits per heavy atom. The molecule has 144 valence electrons. The molecule has 0 bridgehead atoms. The number of halogens is 1. The van der Waals surface area contributed by atoms with Gasteiger partial charge in [-0.1, -0.05) is 34.5 Å². The molecule has 0 atom stereocenters. The fourth-order valence-corrected chi connectivity index (χ4v) is 5.51. The average molecular weight is 442 g/mol. The molecule has 0 spiro atoms. The molecule has 1 heterocycles. The quantitative estimate of drug-likeness (QED) is 0.578. The monoisotopic (exact) mass is 441 g/mol. The van der Waals surface area contributed by atoms with Crippen molar-refractivity contribution in [3.05, 3.63) is 34.3 Å². The van der Waals surface area contributed by atoms with E-state index in [0.29, 0.717) is 13.1 Å². The summed E-state index contributed by atoms with van der Waals surface area (Å²) < 4.78 is 24.9. The van der Waals surface area contributed by atoms with E-state index in [-0.39, 0.29) is 11.2 Å². The Hall–Kier alpha value is -1.08. The van der Waals surface area contributed by atoms with Gasteiger partial charge in [0.25, 0.3) is 0 Å². The van der Waals surface area contributed by atoms with Crippen LogP contribution in [0.5, 0.6) is 0 Å². The Morgan fingerprint density at radius 1 is 1.27 bits per heavy atom. The van der Waals surface area contributed by atoms with Gasteiger partial charge in [-0.15, -0.1) is 0 Å². The maximum atomic E-state index is 12.3. The molecule has 1 aromatic carbocycles. The van der Waals surface area contributed by atoms with Crippen molar-refractivity contribution in [1.29, 1.82) is 0 Å². The summed E-state index contributed by atoms with van der Waals surface area (Å²) >= 11 is 3.51. The van der Waals surface area contributed by atoms with Crippen LogP contribution in [-0.2, 0) is 15.3 Å². The molecule has 2 fully saturated rings. The number of sulfone groups is 1. The molecule has 1 saturated carbocycles. The molecule has 1 N–H and O–H groups in total. The molecule has 0 unspecified atom stereocenters. The summed E-state index contributed by atoms with van der Waals surface area (Å²) in [4.78, 5) is 6.50. The van der Waals surface area contributed by atoms with E-state index in [1.165, 1.54) is 24.8 Å². The highest BCUT2D eigenvalue weighted by atomic mass is 79.9. The predicted octanol–water partition coefficient (Wildman–Crippen LogP) is 2.96. The Kier molecular flexibility index (Phi) is 5.41. The van der Waals surface area contributed by atoms with Gasteiger partial charge in [-0.25, -0.2) is 8.42 Å². The third kappa shape index (κ3) is 3.65. The average Bonchev–Trinajstić information content (AvgIpc) is 2.54. The van der Waals surface area contributed by atoms with Crippen LogP contribution in [0.2, 0.25) is 0 Å². The molecule has 2 aliphatic rings. The zero-order valence-corrected chi connectivity index (χ0v) is 18.2. The fourth-order valence-electron chi connectivity index (χ4n) is 3.88. The zero-order valence-electron chi connectivity index (χ0n) is 15.8. The first-order valence-electron chi connectivity index (χ1n) is 9.13. The minimum atomic E-state index is -3.05. The van der Waals surface area contributed by atoms with E-state index in [0.717, 1.165) is 17.0 Å². The molecule has 1 aliphatic carbocycles. The molecule has 7 heteroatoms. The van der Waals surface area contributed by atoms with E-state index < -0.39 is 14.6 Å². The van der Waals surface area contributed by atoms with Crippen LogP contribution in [0.15, 0.2) is 33.7 Å². The summed E-state index contributed by atoms with van der Waals surface area (Å²) in [6.45, 7) is 5.40. The lowest BCUT2D eigenvalue weighted by molar-refractivity contribution is 0.239. The first-order valence-corrected chi connectivity index (χ1v) is 11.6. The highest BCUT2D eigenvalue weighted by Gasteiger charge is 2.42. The van der Waals surface area contributed by atoms with E-state index >= 15 is 0 Å². The van der Waals surface area contributed by atoms with Crippen molar-refractivity contribution < 1.29 is 8.42 Å². The van der Waals surface area contributed by atoms with Crippen molar-refractivity contribution in [1.82, 2.24) is 10.2 Å². The number of benzene rings is 1. The van der Waals surface area contributed by atoms with Crippen LogP contribution in [0.3, 0.4) is 0 Å². The van der Waals surface area contributed by atoms with Crippen molar-refractivity contribution in [3.63, 3.8) is 0 Å². The molecule has 3 rings (SSSR count). The number of hydrogen-bond acceptors (Lipinski definition) is 3. The van der Waals surface area contributed by atoms with Gasteiger partial charge < -0.3 is 10.2 Å². The minimum absolute atomic E-state index is 0.147. The standard InChI is InChI=1S/C19H28BrN3O2S/c1-18(2)14-23(11-12-26(18,24)25)17(21-3)22-13-19(9-4-10-19)15-5-7-16(20)8-6-15/h5-8H,4,9-14H2,1-3H3,(H,21,22). The van der Waals surface area contributed by atoms with E-state index in [1.54, 1.807) is 20.9 Å². The summed E-state index contributed by atoms with van der Waals surface area (Å²) in [7, 11) is -1.28. The minimum Gasteiger partial charge on any atom is -0.355 e. The lowest BCUT2D eigenvalue weighted by atomic mass is 9.64. The van der Waals surface area contributed by atoms with Crippen LogP contribution in [0.4, 0.5) is 0 Å². The Balaban J connectivity index is 1.70. The van der Waals surface area contributed by atoms with Crippen molar-refractivity contribution in [2.75, 3.05) is 32.4 Å². The second-order valence-electron chi connectivity index (χ2n) is 8.04. The van der Waals surface area contributed by atoms with Gasteiger partial charge in [-0.2, -0.15) is 0 Å². The maximum Gasteiger partial charge on any atom is 0.193 e.